The molecule has 7 heteroatoms. The molecule has 0 aromatic heterocycles. The van der Waals surface area contributed by atoms with E-state index in [-0.39, 0.29) is 17.2 Å². The lowest BCUT2D eigenvalue weighted by Gasteiger charge is -2.30. The van der Waals surface area contributed by atoms with Gasteiger partial charge in [0.2, 0.25) is 0 Å². The van der Waals surface area contributed by atoms with Crippen LogP contribution in [0.4, 0.5) is 0 Å². The van der Waals surface area contributed by atoms with Crippen LogP contribution in [0.1, 0.15) is 28.4 Å². The molecular weight excluding hydrogens is 374 g/mol. The van der Waals surface area contributed by atoms with Gasteiger partial charge in [-0.2, -0.15) is 0 Å². The molecule has 7 nitrogen and oxygen atoms in total. The lowest BCUT2D eigenvalue weighted by molar-refractivity contribution is -0.140. The van der Waals surface area contributed by atoms with Gasteiger partial charge in [0.1, 0.15) is 11.3 Å². The Hall–Kier alpha value is -3.22. The minimum atomic E-state index is -0.925. The molecule has 1 amide bonds. The van der Waals surface area contributed by atoms with Crippen molar-refractivity contribution in [1.82, 2.24) is 4.90 Å². The van der Waals surface area contributed by atoms with Gasteiger partial charge in [-0.3, -0.25) is 4.79 Å². The molecule has 0 bridgehead atoms. The van der Waals surface area contributed by atoms with E-state index in [1.165, 1.54) is 33.0 Å². The number of benzene rings is 2. The summed E-state index contributed by atoms with van der Waals surface area (Å²) in [5.41, 5.74) is 2.53. The molecule has 1 heterocycles. The van der Waals surface area contributed by atoms with E-state index in [1.807, 2.05) is 18.2 Å². The molecule has 0 fully saturated rings. The van der Waals surface area contributed by atoms with Gasteiger partial charge in [0, 0.05) is 25.2 Å². The van der Waals surface area contributed by atoms with Gasteiger partial charge in [-0.15, -0.1) is 0 Å². The summed E-state index contributed by atoms with van der Waals surface area (Å²) in [6.07, 6.45) is -0.142. The number of carbonyl (C=O) groups is 2. The number of nitrogens with zero attached hydrogens (tertiary/aromatic N) is 1. The van der Waals surface area contributed by atoms with E-state index in [0.717, 1.165) is 12.0 Å². The average molecular weight is 399 g/mol. The summed E-state index contributed by atoms with van der Waals surface area (Å²) in [5.74, 6) is 0.177. The number of hydrogen-bond donors (Lipinski definition) is 0. The van der Waals surface area contributed by atoms with E-state index in [2.05, 4.69) is 6.07 Å². The highest BCUT2D eigenvalue weighted by atomic mass is 16.6. The van der Waals surface area contributed by atoms with Crippen LogP contribution in [0.15, 0.2) is 36.4 Å². The predicted molar refractivity (Wildman–Crippen MR) is 107 cm³/mol. The first-order valence-electron chi connectivity index (χ1n) is 9.35. The Morgan fingerprint density at radius 1 is 0.931 bits per heavy atom. The first-order valence-corrected chi connectivity index (χ1v) is 9.35. The van der Waals surface area contributed by atoms with Gasteiger partial charge in [-0.25, -0.2) is 4.79 Å². The topological polar surface area (TPSA) is 74.3 Å². The van der Waals surface area contributed by atoms with E-state index in [0.29, 0.717) is 24.6 Å². The maximum atomic E-state index is 12.8. The largest absolute Gasteiger partial charge is 0.496 e. The third kappa shape index (κ3) is 4.29. The highest BCUT2D eigenvalue weighted by Gasteiger charge is 2.28. The summed E-state index contributed by atoms with van der Waals surface area (Å²) in [6, 6.07) is 11.1. The molecule has 0 radical (unpaired) electrons. The van der Waals surface area contributed by atoms with Crippen molar-refractivity contribution < 1.29 is 28.5 Å². The maximum Gasteiger partial charge on any atom is 0.342 e. The number of rotatable bonds is 6. The maximum absolute atomic E-state index is 12.8. The summed E-state index contributed by atoms with van der Waals surface area (Å²) >= 11 is 0. The van der Waals surface area contributed by atoms with Crippen molar-refractivity contribution >= 4 is 11.9 Å². The highest BCUT2D eigenvalue weighted by Crippen LogP contribution is 2.35. The first-order chi connectivity index (χ1) is 14.0. The van der Waals surface area contributed by atoms with Crippen molar-refractivity contribution in [2.24, 2.45) is 0 Å². The van der Waals surface area contributed by atoms with Gasteiger partial charge in [0.15, 0.2) is 17.6 Å². The number of hydrogen-bond acceptors (Lipinski definition) is 6. The molecule has 154 valence electrons. The summed E-state index contributed by atoms with van der Waals surface area (Å²) in [5, 5.41) is 0. The smallest absolute Gasteiger partial charge is 0.342 e. The van der Waals surface area contributed by atoms with Crippen molar-refractivity contribution in [3.05, 3.63) is 53.1 Å². The van der Waals surface area contributed by atoms with Crippen molar-refractivity contribution in [1.29, 1.82) is 0 Å². The highest BCUT2D eigenvalue weighted by molar-refractivity contribution is 5.95. The Kier molecular flexibility index (Phi) is 6.26. The Bertz CT molecular complexity index is 910. The zero-order valence-corrected chi connectivity index (χ0v) is 17.1. The fraction of sp³-hybridized carbons (Fsp3) is 0.364. The van der Waals surface area contributed by atoms with Crippen molar-refractivity contribution in [3.63, 3.8) is 0 Å². The molecule has 0 unspecified atom stereocenters. The molecule has 29 heavy (non-hydrogen) atoms. The van der Waals surface area contributed by atoms with Crippen LogP contribution in [-0.4, -0.2) is 50.8 Å². The average Bonchev–Trinajstić information content (AvgIpc) is 2.76. The van der Waals surface area contributed by atoms with Crippen LogP contribution < -0.4 is 14.2 Å². The van der Waals surface area contributed by atoms with E-state index in [4.69, 9.17) is 18.9 Å². The van der Waals surface area contributed by atoms with Crippen LogP contribution in [0.2, 0.25) is 0 Å². The Morgan fingerprint density at radius 2 is 1.55 bits per heavy atom. The van der Waals surface area contributed by atoms with Crippen molar-refractivity contribution in [2.45, 2.75) is 26.0 Å². The van der Waals surface area contributed by atoms with Crippen LogP contribution in [0.25, 0.3) is 0 Å². The van der Waals surface area contributed by atoms with Crippen molar-refractivity contribution in [3.8, 4) is 17.2 Å². The lowest BCUT2D eigenvalue weighted by Crippen LogP contribution is -2.42. The molecule has 0 saturated carbocycles. The van der Waals surface area contributed by atoms with Crippen LogP contribution >= 0.6 is 0 Å². The SMILES string of the molecule is COc1cc(OC)c(C(=O)O[C@H](C)C(=O)N2CCc3ccccc3C2)cc1OC. The lowest BCUT2D eigenvalue weighted by atomic mass is 9.99. The van der Waals surface area contributed by atoms with E-state index in [9.17, 15) is 9.59 Å². The standard InChI is InChI=1S/C22H25NO6/c1-14(21(24)23-10-9-15-7-5-6-8-16(15)13-23)29-22(25)17-11-19(27-3)20(28-4)12-18(17)26-2/h5-8,11-12,14H,9-10,13H2,1-4H3/t14-/m1/s1. The monoisotopic (exact) mass is 399 g/mol. The molecule has 2 aromatic rings. The van der Waals surface area contributed by atoms with E-state index in [1.54, 1.807) is 17.9 Å². The molecule has 0 saturated heterocycles. The molecule has 0 N–H and O–H groups in total. The molecule has 0 aliphatic carbocycles. The molecule has 0 spiro atoms. The van der Waals surface area contributed by atoms with Gasteiger partial charge in [-0.05, 0) is 24.5 Å². The summed E-state index contributed by atoms with van der Waals surface area (Å²) in [6.45, 7) is 2.68. The number of esters is 1. The molecular formula is C22H25NO6. The predicted octanol–water partition coefficient (Wildman–Crippen LogP) is 2.84. The van der Waals surface area contributed by atoms with Gasteiger partial charge in [0.05, 0.1) is 21.3 Å². The van der Waals surface area contributed by atoms with Gasteiger partial charge in [-0.1, -0.05) is 24.3 Å². The number of carbonyl (C=O) groups excluding carboxylic acids is 2. The second-order valence-electron chi connectivity index (χ2n) is 6.73. The molecule has 1 atom stereocenters. The fourth-order valence-electron chi connectivity index (χ4n) is 3.40. The second-order valence-corrected chi connectivity index (χ2v) is 6.73. The molecule has 3 rings (SSSR count). The van der Waals surface area contributed by atoms with Gasteiger partial charge in [0.25, 0.3) is 5.91 Å². The normalized spacial score (nSPS) is 13.9. The quantitative estimate of drug-likeness (QED) is 0.696. The Morgan fingerprint density at radius 3 is 2.21 bits per heavy atom. The first kappa shape index (κ1) is 20.5. The summed E-state index contributed by atoms with van der Waals surface area (Å²) in [7, 11) is 4.41. The number of amides is 1. The van der Waals surface area contributed by atoms with Crippen LogP contribution in [0.5, 0.6) is 17.2 Å². The van der Waals surface area contributed by atoms with Crippen LogP contribution in [-0.2, 0) is 22.5 Å². The minimum absolute atomic E-state index is 0.161. The summed E-state index contributed by atoms with van der Waals surface area (Å²) in [4.78, 5) is 27.3. The fourth-order valence-corrected chi connectivity index (χ4v) is 3.40. The third-order valence-electron chi connectivity index (χ3n) is 5.00. The Balaban J connectivity index is 1.73. The van der Waals surface area contributed by atoms with Gasteiger partial charge >= 0.3 is 5.97 Å². The Labute approximate surface area is 170 Å². The van der Waals surface area contributed by atoms with E-state index < -0.39 is 12.1 Å². The summed E-state index contributed by atoms with van der Waals surface area (Å²) < 4.78 is 21.2. The third-order valence-corrected chi connectivity index (χ3v) is 5.00. The molecule has 2 aromatic carbocycles. The zero-order valence-electron chi connectivity index (χ0n) is 17.1. The van der Waals surface area contributed by atoms with Crippen molar-refractivity contribution in [2.75, 3.05) is 27.9 Å². The van der Waals surface area contributed by atoms with Crippen LogP contribution in [0.3, 0.4) is 0 Å². The second kappa shape index (κ2) is 8.86. The minimum Gasteiger partial charge on any atom is -0.496 e. The zero-order chi connectivity index (χ0) is 21.0. The molecule has 1 aliphatic heterocycles. The van der Waals surface area contributed by atoms with E-state index >= 15 is 0 Å². The number of fused-ring (bicyclic) bond motifs is 1. The molecule has 1 aliphatic rings. The number of methoxy groups -OCH3 is 3. The number of ether oxygens (including phenoxy) is 4. The van der Waals surface area contributed by atoms with Gasteiger partial charge < -0.3 is 23.8 Å². The van der Waals surface area contributed by atoms with Crippen LogP contribution in [0, 0.1) is 0 Å².